The Balaban J connectivity index is 1.04. The minimum absolute atomic E-state index is 0.918. The average Bonchev–Trinajstić information content (AvgIpc) is 3.13. The minimum atomic E-state index is 0.918. The third-order valence-electron chi connectivity index (χ3n) is 10.4. The van der Waals surface area contributed by atoms with Gasteiger partial charge in [0.2, 0.25) is 0 Å². The molecule has 0 spiro atoms. The van der Waals surface area contributed by atoms with E-state index in [1.54, 1.807) is 0 Å². The van der Waals surface area contributed by atoms with Gasteiger partial charge in [0.05, 0.1) is 0 Å². The van der Waals surface area contributed by atoms with E-state index in [0.717, 1.165) is 22.4 Å². The lowest BCUT2D eigenvalue weighted by atomic mass is 9.88. The van der Waals surface area contributed by atoms with Crippen LogP contribution in [0.4, 0.5) is 0 Å². The van der Waals surface area contributed by atoms with Gasteiger partial charge in [0, 0.05) is 16.3 Å². The molecule has 1 heteroatoms. The van der Waals surface area contributed by atoms with E-state index in [2.05, 4.69) is 158 Å². The van der Waals surface area contributed by atoms with Crippen LogP contribution in [-0.2, 0) is 0 Å². The van der Waals surface area contributed by atoms with Crippen LogP contribution in [0.25, 0.3) is 98.0 Å². The van der Waals surface area contributed by atoms with Gasteiger partial charge in [-0.25, -0.2) is 0 Å². The lowest BCUT2D eigenvalue weighted by molar-refractivity contribution is 0.493. The van der Waals surface area contributed by atoms with E-state index in [0.29, 0.717) is 0 Å². The predicted molar refractivity (Wildman–Crippen MR) is 199 cm³/mol. The zero-order chi connectivity index (χ0) is 30.6. The molecule has 1 nitrogen and oxygen atoms in total. The molecule has 0 aliphatic carbocycles. The summed E-state index contributed by atoms with van der Waals surface area (Å²) in [4.78, 5) is 0. The largest absolute Gasteiger partial charge is 0.455 e. The minimum Gasteiger partial charge on any atom is -0.455 e. The van der Waals surface area contributed by atoms with E-state index in [-0.39, 0.29) is 0 Å². The van der Waals surface area contributed by atoms with E-state index < -0.39 is 0 Å². The highest BCUT2D eigenvalue weighted by Crippen LogP contribution is 2.51. The number of rotatable bonds is 2. The van der Waals surface area contributed by atoms with Crippen LogP contribution in [0.1, 0.15) is 0 Å². The molecule has 10 aromatic carbocycles. The summed E-state index contributed by atoms with van der Waals surface area (Å²) in [6.45, 7) is 0. The van der Waals surface area contributed by atoms with Crippen molar-refractivity contribution in [3.63, 3.8) is 0 Å². The van der Waals surface area contributed by atoms with Gasteiger partial charge in [-0.2, -0.15) is 0 Å². The van der Waals surface area contributed by atoms with Crippen molar-refractivity contribution in [2.24, 2.45) is 0 Å². The van der Waals surface area contributed by atoms with Crippen LogP contribution >= 0.6 is 0 Å². The van der Waals surface area contributed by atoms with Gasteiger partial charge < -0.3 is 4.74 Å². The molecule has 1 heterocycles. The Morgan fingerprint density at radius 2 is 0.851 bits per heavy atom. The molecule has 0 unspecified atom stereocenters. The summed E-state index contributed by atoms with van der Waals surface area (Å²) in [5.41, 5.74) is 7.32. The van der Waals surface area contributed by atoms with Gasteiger partial charge in [-0.15, -0.1) is 0 Å². The monoisotopic (exact) mass is 594 g/mol. The zero-order valence-electron chi connectivity index (χ0n) is 25.4. The van der Waals surface area contributed by atoms with Crippen LogP contribution in [0.15, 0.2) is 158 Å². The Morgan fingerprint density at radius 1 is 0.298 bits per heavy atom. The van der Waals surface area contributed by atoms with E-state index >= 15 is 0 Å². The van der Waals surface area contributed by atoms with Gasteiger partial charge >= 0.3 is 0 Å². The van der Waals surface area contributed by atoms with Crippen molar-refractivity contribution in [3.8, 4) is 44.9 Å². The topological polar surface area (TPSA) is 9.23 Å². The SMILES string of the molecule is c1ccc2c3c(ccc2c1)-c1cccc2c(-c4ccc5cc(-c6ccc7ccc8cccc9ccc6c7c89)ccc5c4)ccc(c12)O3. The first kappa shape index (κ1) is 25.1. The maximum atomic E-state index is 6.65. The molecule has 0 atom stereocenters. The molecule has 216 valence electrons. The summed E-state index contributed by atoms with van der Waals surface area (Å²) in [7, 11) is 0. The van der Waals surface area contributed by atoms with Gasteiger partial charge in [0.1, 0.15) is 11.5 Å². The molecule has 0 N–H and O–H groups in total. The quantitative estimate of drug-likeness (QED) is 0.181. The molecule has 0 fully saturated rings. The highest BCUT2D eigenvalue weighted by atomic mass is 16.5. The molecule has 11 rings (SSSR count). The summed E-state index contributed by atoms with van der Waals surface area (Å²) in [6, 6.07) is 57.9. The summed E-state index contributed by atoms with van der Waals surface area (Å²) < 4.78 is 6.65. The third-order valence-corrected chi connectivity index (χ3v) is 10.4. The third kappa shape index (κ3) is 3.49. The molecule has 1 aliphatic rings. The fourth-order valence-corrected chi connectivity index (χ4v) is 8.18. The van der Waals surface area contributed by atoms with Crippen LogP contribution < -0.4 is 4.74 Å². The van der Waals surface area contributed by atoms with Crippen LogP contribution in [0.5, 0.6) is 11.5 Å². The van der Waals surface area contributed by atoms with Crippen molar-refractivity contribution in [2.45, 2.75) is 0 Å². The standard InChI is InChI=1S/C46H26O/c1-2-8-37-27(5-1)17-22-41-39-10-4-9-38-36(23-24-42(45(38)39)47-46(37)41)34-16-14-31-25-33(15-13-32(31)26-34)35-20-18-30-12-11-28-6-3-7-29-19-21-40(35)44(30)43(28)29/h1-26H. The first-order chi connectivity index (χ1) is 23.3. The van der Waals surface area contributed by atoms with Crippen molar-refractivity contribution < 1.29 is 4.74 Å². The molecule has 47 heavy (non-hydrogen) atoms. The van der Waals surface area contributed by atoms with E-state index in [1.165, 1.54) is 87.1 Å². The molecular formula is C46H26O. The zero-order valence-corrected chi connectivity index (χ0v) is 25.4. The summed E-state index contributed by atoms with van der Waals surface area (Å²) in [5.74, 6) is 1.86. The summed E-state index contributed by atoms with van der Waals surface area (Å²) in [6.07, 6.45) is 0. The van der Waals surface area contributed by atoms with Gasteiger partial charge in [-0.3, -0.25) is 0 Å². The number of ether oxygens (including phenoxy) is 1. The number of fused-ring (bicyclic) bond motifs is 5. The fourth-order valence-electron chi connectivity index (χ4n) is 8.18. The Labute approximate surface area is 271 Å². The number of hydrogen-bond acceptors (Lipinski definition) is 1. The number of hydrogen-bond donors (Lipinski definition) is 0. The molecule has 0 saturated heterocycles. The Bertz CT molecular complexity index is 2910. The van der Waals surface area contributed by atoms with Gasteiger partial charge in [-0.05, 0) is 106 Å². The molecule has 0 saturated carbocycles. The second-order valence-corrected chi connectivity index (χ2v) is 12.9. The maximum Gasteiger partial charge on any atom is 0.143 e. The summed E-state index contributed by atoms with van der Waals surface area (Å²) in [5, 5.41) is 15.1. The van der Waals surface area contributed by atoms with Crippen molar-refractivity contribution >= 4 is 64.6 Å². The molecule has 0 amide bonds. The summed E-state index contributed by atoms with van der Waals surface area (Å²) >= 11 is 0. The Hall–Kier alpha value is -6.18. The molecule has 0 radical (unpaired) electrons. The normalized spacial score (nSPS) is 12.4. The van der Waals surface area contributed by atoms with Crippen LogP contribution in [0, 0.1) is 0 Å². The Kier molecular flexibility index (Phi) is 4.90. The second-order valence-electron chi connectivity index (χ2n) is 12.9. The highest BCUT2D eigenvalue weighted by molar-refractivity contribution is 6.25. The second kappa shape index (κ2) is 9.19. The maximum absolute atomic E-state index is 6.65. The first-order valence-electron chi connectivity index (χ1n) is 16.3. The molecule has 0 aromatic heterocycles. The van der Waals surface area contributed by atoms with Crippen molar-refractivity contribution in [1.29, 1.82) is 0 Å². The average molecular weight is 595 g/mol. The van der Waals surface area contributed by atoms with Gasteiger partial charge in [0.15, 0.2) is 0 Å². The Morgan fingerprint density at radius 3 is 1.66 bits per heavy atom. The lowest BCUT2D eigenvalue weighted by Crippen LogP contribution is -1.98. The fraction of sp³-hybridized carbons (Fsp3) is 0. The molecular weight excluding hydrogens is 569 g/mol. The molecule has 1 aliphatic heterocycles. The molecule has 10 aromatic rings. The lowest BCUT2D eigenvalue weighted by Gasteiger charge is -2.24. The smallest absolute Gasteiger partial charge is 0.143 e. The van der Waals surface area contributed by atoms with Crippen LogP contribution in [0.3, 0.4) is 0 Å². The first-order valence-corrected chi connectivity index (χ1v) is 16.3. The molecule has 0 bridgehead atoms. The van der Waals surface area contributed by atoms with Gasteiger partial charge in [-0.1, -0.05) is 133 Å². The van der Waals surface area contributed by atoms with Crippen molar-refractivity contribution in [2.75, 3.05) is 0 Å². The van der Waals surface area contributed by atoms with E-state index in [9.17, 15) is 0 Å². The van der Waals surface area contributed by atoms with Crippen LogP contribution in [-0.4, -0.2) is 0 Å². The van der Waals surface area contributed by atoms with E-state index in [4.69, 9.17) is 4.74 Å². The van der Waals surface area contributed by atoms with Crippen molar-refractivity contribution in [3.05, 3.63) is 158 Å². The van der Waals surface area contributed by atoms with Crippen LogP contribution in [0.2, 0.25) is 0 Å². The number of benzene rings is 10. The highest BCUT2D eigenvalue weighted by Gasteiger charge is 2.23. The van der Waals surface area contributed by atoms with E-state index in [1.807, 2.05) is 0 Å². The van der Waals surface area contributed by atoms with Crippen molar-refractivity contribution in [1.82, 2.24) is 0 Å². The predicted octanol–water partition coefficient (Wildman–Crippen LogP) is 13.2. The van der Waals surface area contributed by atoms with Gasteiger partial charge in [0.25, 0.3) is 0 Å².